The lowest BCUT2D eigenvalue weighted by Gasteiger charge is -2.19. The molecule has 0 aliphatic carbocycles. The van der Waals surface area contributed by atoms with Crippen LogP contribution in [0.25, 0.3) is 11.1 Å². The third-order valence-electron chi connectivity index (χ3n) is 4.87. The standard InChI is InChI=1S/C22H18F3N3O2/c23-22(24,25)18-5-2-15(3-6-18)16-4-7-19-17(12-16)14-28(10-11-30-19)21(29)13-20-26-8-1-9-27-20/h1-9,12H,10-11,13-14H2. The van der Waals surface area contributed by atoms with Crippen LogP contribution in [0.15, 0.2) is 60.9 Å². The molecule has 30 heavy (non-hydrogen) atoms. The Morgan fingerprint density at radius 1 is 1.03 bits per heavy atom. The topological polar surface area (TPSA) is 55.3 Å². The summed E-state index contributed by atoms with van der Waals surface area (Å²) in [6.07, 6.45) is -1.10. The summed E-state index contributed by atoms with van der Waals surface area (Å²) >= 11 is 0. The molecule has 5 nitrogen and oxygen atoms in total. The number of rotatable bonds is 3. The van der Waals surface area contributed by atoms with E-state index >= 15 is 0 Å². The summed E-state index contributed by atoms with van der Waals surface area (Å²) in [4.78, 5) is 22.6. The lowest BCUT2D eigenvalue weighted by Crippen LogP contribution is -2.34. The Kier molecular flexibility index (Phi) is 5.39. The van der Waals surface area contributed by atoms with Gasteiger partial charge in [0.1, 0.15) is 18.2 Å². The average molecular weight is 413 g/mol. The number of amides is 1. The maximum atomic E-state index is 12.8. The van der Waals surface area contributed by atoms with Crippen LogP contribution in [0.1, 0.15) is 17.0 Å². The molecule has 1 aromatic heterocycles. The Bertz CT molecular complexity index is 1040. The maximum absolute atomic E-state index is 12.8. The average Bonchev–Trinajstić information content (AvgIpc) is 2.96. The largest absolute Gasteiger partial charge is 0.491 e. The van der Waals surface area contributed by atoms with Crippen LogP contribution in [0.5, 0.6) is 5.75 Å². The molecule has 2 aromatic carbocycles. The smallest absolute Gasteiger partial charge is 0.416 e. The van der Waals surface area contributed by atoms with Crippen LogP contribution in [-0.4, -0.2) is 33.9 Å². The van der Waals surface area contributed by atoms with Crippen molar-refractivity contribution in [2.24, 2.45) is 0 Å². The van der Waals surface area contributed by atoms with Gasteiger partial charge in [-0.1, -0.05) is 18.2 Å². The summed E-state index contributed by atoms with van der Waals surface area (Å²) in [5.74, 6) is 1.00. The zero-order chi connectivity index (χ0) is 21.1. The molecule has 154 valence electrons. The van der Waals surface area contributed by atoms with Crippen LogP contribution in [0.4, 0.5) is 13.2 Å². The summed E-state index contributed by atoms with van der Waals surface area (Å²) < 4.78 is 44.2. The minimum Gasteiger partial charge on any atom is -0.491 e. The van der Waals surface area contributed by atoms with Gasteiger partial charge in [-0.15, -0.1) is 0 Å². The van der Waals surface area contributed by atoms with Gasteiger partial charge in [0.05, 0.1) is 18.5 Å². The number of benzene rings is 2. The van der Waals surface area contributed by atoms with Gasteiger partial charge in [0, 0.05) is 24.5 Å². The van der Waals surface area contributed by atoms with Crippen LogP contribution in [0.2, 0.25) is 0 Å². The predicted octanol–water partition coefficient (Wildman–Crippen LogP) is 4.13. The van der Waals surface area contributed by atoms with Gasteiger partial charge in [-0.05, 0) is 41.5 Å². The molecule has 0 bridgehead atoms. The lowest BCUT2D eigenvalue weighted by atomic mass is 10.0. The van der Waals surface area contributed by atoms with Gasteiger partial charge in [-0.25, -0.2) is 9.97 Å². The van der Waals surface area contributed by atoms with Gasteiger partial charge in [-0.3, -0.25) is 4.79 Å². The molecule has 1 aliphatic rings. The molecular weight excluding hydrogens is 395 g/mol. The number of hydrogen-bond donors (Lipinski definition) is 0. The van der Waals surface area contributed by atoms with Crippen LogP contribution in [-0.2, 0) is 23.9 Å². The van der Waals surface area contributed by atoms with E-state index in [9.17, 15) is 18.0 Å². The van der Waals surface area contributed by atoms with Crippen molar-refractivity contribution in [3.8, 4) is 16.9 Å². The highest BCUT2D eigenvalue weighted by atomic mass is 19.4. The molecule has 4 rings (SSSR count). The summed E-state index contributed by atoms with van der Waals surface area (Å²) in [5, 5.41) is 0. The van der Waals surface area contributed by atoms with E-state index in [0.29, 0.717) is 36.8 Å². The highest BCUT2D eigenvalue weighted by Crippen LogP contribution is 2.33. The van der Waals surface area contributed by atoms with Crippen molar-refractivity contribution in [1.29, 1.82) is 0 Å². The second-order valence-electron chi connectivity index (χ2n) is 6.90. The Balaban J connectivity index is 1.55. The first kappa shape index (κ1) is 19.9. The normalized spacial score (nSPS) is 13.9. The zero-order valence-electron chi connectivity index (χ0n) is 15.9. The number of carbonyl (C=O) groups excluding carboxylic acids is 1. The van der Waals surface area contributed by atoms with E-state index in [1.165, 1.54) is 12.1 Å². The fourth-order valence-corrected chi connectivity index (χ4v) is 3.31. The van der Waals surface area contributed by atoms with Gasteiger partial charge in [0.15, 0.2) is 0 Å². The lowest BCUT2D eigenvalue weighted by molar-refractivity contribution is -0.137. The van der Waals surface area contributed by atoms with E-state index < -0.39 is 11.7 Å². The van der Waals surface area contributed by atoms with Gasteiger partial charge in [-0.2, -0.15) is 13.2 Å². The minimum atomic E-state index is -4.37. The SMILES string of the molecule is O=C(Cc1ncccn1)N1CCOc2ccc(-c3ccc(C(F)(F)F)cc3)cc2C1. The second-order valence-corrected chi connectivity index (χ2v) is 6.90. The zero-order valence-corrected chi connectivity index (χ0v) is 15.9. The Labute approximate surface area is 171 Å². The number of halogens is 3. The molecule has 0 fully saturated rings. The summed E-state index contributed by atoms with van der Waals surface area (Å²) in [7, 11) is 0. The number of fused-ring (bicyclic) bond motifs is 1. The molecule has 8 heteroatoms. The highest BCUT2D eigenvalue weighted by Gasteiger charge is 2.30. The Hall–Kier alpha value is -3.42. The van der Waals surface area contributed by atoms with Gasteiger partial charge < -0.3 is 9.64 Å². The van der Waals surface area contributed by atoms with Gasteiger partial charge in [0.25, 0.3) is 0 Å². The fourth-order valence-electron chi connectivity index (χ4n) is 3.31. The summed E-state index contributed by atoms with van der Waals surface area (Å²) in [5.41, 5.74) is 1.52. The third kappa shape index (κ3) is 4.42. The number of alkyl halides is 3. The fraction of sp³-hybridized carbons (Fsp3) is 0.227. The molecule has 0 N–H and O–H groups in total. The second kappa shape index (κ2) is 8.14. The van der Waals surface area contributed by atoms with Crippen molar-refractivity contribution in [1.82, 2.24) is 14.9 Å². The predicted molar refractivity (Wildman–Crippen MR) is 104 cm³/mol. The van der Waals surface area contributed by atoms with Crippen molar-refractivity contribution < 1.29 is 22.7 Å². The van der Waals surface area contributed by atoms with E-state index in [4.69, 9.17) is 4.74 Å². The van der Waals surface area contributed by atoms with E-state index in [2.05, 4.69) is 9.97 Å². The van der Waals surface area contributed by atoms with E-state index in [1.807, 2.05) is 6.07 Å². The van der Waals surface area contributed by atoms with Crippen molar-refractivity contribution in [2.75, 3.05) is 13.2 Å². The molecule has 1 aliphatic heterocycles. The molecular formula is C22H18F3N3O2. The minimum absolute atomic E-state index is 0.0920. The monoisotopic (exact) mass is 413 g/mol. The first-order chi connectivity index (χ1) is 14.4. The van der Waals surface area contributed by atoms with Gasteiger partial charge >= 0.3 is 6.18 Å². The number of ether oxygens (including phenoxy) is 1. The quantitative estimate of drug-likeness (QED) is 0.648. The molecule has 0 spiro atoms. The first-order valence-corrected chi connectivity index (χ1v) is 9.37. The van der Waals surface area contributed by atoms with Crippen molar-refractivity contribution in [2.45, 2.75) is 19.1 Å². The number of hydrogen-bond acceptors (Lipinski definition) is 4. The van der Waals surface area contributed by atoms with Crippen LogP contribution >= 0.6 is 0 Å². The van der Waals surface area contributed by atoms with Crippen molar-refractivity contribution >= 4 is 5.91 Å². The highest BCUT2D eigenvalue weighted by molar-refractivity contribution is 5.78. The van der Waals surface area contributed by atoms with Crippen LogP contribution in [0, 0.1) is 0 Å². The van der Waals surface area contributed by atoms with Crippen LogP contribution in [0.3, 0.4) is 0 Å². The molecule has 2 heterocycles. The molecule has 0 atom stereocenters. The van der Waals surface area contributed by atoms with Crippen molar-refractivity contribution in [3.63, 3.8) is 0 Å². The number of carbonyl (C=O) groups is 1. The van der Waals surface area contributed by atoms with Crippen LogP contribution < -0.4 is 4.74 Å². The van der Waals surface area contributed by atoms with E-state index in [-0.39, 0.29) is 12.3 Å². The molecule has 0 saturated heterocycles. The Morgan fingerprint density at radius 3 is 2.43 bits per heavy atom. The summed E-state index contributed by atoms with van der Waals surface area (Å²) in [6.45, 7) is 1.12. The van der Waals surface area contributed by atoms with E-state index in [0.717, 1.165) is 23.3 Å². The Morgan fingerprint density at radius 2 is 1.73 bits per heavy atom. The van der Waals surface area contributed by atoms with Crippen molar-refractivity contribution in [3.05, 3.63) is 77.9 Å². The van der Waals surface area contributed by atoms with E-state index in [1.54, 1.807) is 35.5 Å². The maximum Gasteiger partial charge on any atom is 0.416 e. The number of aromatic nitrogens is 2. The first-order valence-electron chi connectivity index (χ1n) is 9.37. The third-order valence-corrected chi connectivity index (χ3v) is 4.87. The summed E-state index contributed by atoms with van der Waals surface area (Å²) in [6, 6.07) is 12.1. The molecule has 0 radical (unpaired) electrons. The number of nitrogens with zero attached hydrogens (tertiary/aromatic N) is 3. The molecule has 0 unspecified atom stereocenters. The molecule has 1 amide bonds. The molecule has 0 saturated carbocycles. The molecule has 3 aromatic rings. The van der Waals surface area contributed by atoms with Gasteiger partial charge in [0.2, 0.25) is 5.91 Å².